The minimum absolute atomic E-state index is 0.246. The van der Waals surface area contributed by atoms with Gasteiger partial charge in [-0.2, -0.15) is 15.0 Å². The fourth-order valence-corrected chi connectivity index (χ4v) is 3.49. The van der Waals surface area contributed by atoms with Crippen LogP contribution in [-0.2, 0) is 22.6 Å². The fourth-order valence-electron chi connectivity index (χ4n) is 3.49. The van der Waals surface area contributed by atoms with Crippen LogP contribution in [0.15, 0.2) is 48.5 Å². The van der Waals surface area contributed by atoms with Gasteiger partial charge in [-0.05, 0) is 23.3 Å². The van der Waals surface area contributed by atoms with Gasteiger partial charge in [-0.3, -0.25) is 0 Å². The van der Waals surface area contributed by atoms with Gasteiger partial charge in [-0.15, -0.1) is 0 Å². The third kappa shape index (κ3) is 7.67. The Morgan fingerprint density at radius 3 is 2.42 bits per heavy atom. The van der Waals surface area contributed by atoms with Gasteiger partial charge in [0, 0.05) is 33.2 Å². The van der Waals surface area contributed by atoms with E-state index in [1.54, 1.807) is 0 Å². The van der Waals surface area contributed by atoms with Gasteiger partial charge in [0.15, 0.2) is 11.5 Å². The van der Waals surface area contributed by atoms with Crippen LogP contribution in [0.2, 0.25) is 0 Å². The molecule has 0 radical (unpaired) electrons. The molecule has 11 heteroatoms. The maximum absolute atomic E-state index is 5.58. The second-order valence-electron chi connectivity index (χ2n) is 8.11. The largest absolute Gasteiger partial charge is 0.454 e. The van der Waals surface area contributed by atoms with Crippen molar-refractivity contribution in [2.45, 2.75) is 13.1 Å². The lowest BCUT2D eigenvalue weighted by molar-refractivity contribution is 0.0547. The molecule has 0 unspecified atom stereocenters. The zero-order valence-corrected chi connectivity index (χ0v) is 20.5. The Kier molecular flexibility index (Phi) is 9.48. The highest BCUT2D eigenvalue weighted by molar-refractivity contribution is 5.47. The molecule has 0 atom stereocenters. The summed E-state index contributed by atoms with van der Waals surface area (Å²) in [6, 6.07) is 16.0. The molecule has 2 aromatic carbocycles. The average molecular weight is 496 g/mol. The number of hydrogen-bond acceptors (Lipinski definition) is 11. The molecule has 0 bridgehead atoms. The van der Waals surface area contributed by atoms with Crippen LogP contribution in [0.4, 0.5) is 17.8 Å². The molecule has 4 N–H and O–H groups in total. The summed E-state index contributed by atoms with van der Waals surface area (Å²) in [5.74, 6) is 2.99. The molecule has 1 aromatic heterocycles. The van der Waals surface area contributed by atoms with E-state index in [1.165, 1.54) is 0 Å². The molecule has 1 aliphatic heterocycles. The summed E-state index contributed by atoms with van der Waals surface area (Å²) in [6.07, 6.45) is 0. The Morgan fingerprint density at radius 2 is 1.61 bits per heavy atom. The third-order valence-electron chi connectivity index (χ3n) is 5.28. The number of nitrogens with zero attached hydrogens (tertiary/aromatic N) is 4. The molecule has 192 valence electrons. The van der Waals surface area contributed by atoms with E-state index in [2.05, 4.69) is 37.7 Å². The Balaban J connectivity index is 1.38. The van der Waals surface area contributed by atoms with Crippen LogP contribution in [0, 0.1) is 0 Å². The average Bonchev–Trinajstić information content (AvgIpc) is 3.37. The molecule has 0 saturated heterocycles. The van der Waals surface area contributed by atoms with E-state index in [-0.39, 0.29) is 6.79 Å². The number of benzene rings is 2. The summed E-state index contributed by atoms with van der Waals surface area (Å²) < 4.78 is 21.8. The number of nitrogens with one attached hydrogen (secondary N) is 2. The van der Waals surface area contributed by atoms with Crippen molar-refractivity contribution < 1.29 is 18.9 Å². The molecule has 0 spiro atoms. The van der Waals surface area contributed by atoms with Crippen LogP contribution < -0.4 is 30.7 Å². The predicted molar refractivity (Wildman–Crippen MR) is 137 cm³/mol. The van der Waals surface area contributed by atoms with Crippen molar-refractivity contribution in [3.63, 3.8) is 0 Å². The van der Waals surface area contributed by atoms with Crippen LogP contribution in [0.1, 0.15) is 11.1 Å². The number of ether oxygens (including phenoxy) is 4. The van der Waals surface area contributed by atoms with Gasteiger partial charge < -0.3 is 40.2 Å². The molecule has 0 aliphatic carbocycles. The van der Waals surface area contributed by atoms with Crippen molar-refractivity contribution in [2.24, 2.45) is 5.73 Å². The lowest BCUT2D eigenvalue weighted by atomic mass is 10.2. The minimum Gasteiger partial charge on any atom is -0.454 e. The molecule has 0 amide bonds. The number of rotatable bonds is 15. The second-order valence-corrected chi connectivity index (χ2v) is 8.11. The van der Waals surface area contributed by atoms with Gasteiger partial charge in [0.05, 0.1) is 26.4 Å². The highest BCUT2D eigenvalue weighted by Gasteiger charge is 2.14. The van der Waals surface area contributed by atoms with Crippen LogP contribution in [0.3, 0.4) is 0 Å². The summed E-state index contributed by atoms with van der Waals surface area (Å²) in [5.41, 5.74) is 7.59. The number of fused-ring (bicyclic) bond motifs is 1. The maximum Gasteiger partial charge on any atom is 0.231 e. The van der Waals surface area contributed by atoms with Crippen molar-refractivity contribution in [2.75, 3.05) is 68.9 Å². The van der Waals surface area contributed by atoms with Crippen molar-refractivity contribution in [1.29, 1.82) is 0 Å². The van der Waals surface area contributed by atoms with Gasteiger partial charge in [0.2, 0.25) is 24.6 Å². The Bertz CT molecular complexity index is 1090. The summed E-state index contributed by atoms with van der Waals surface area (Å²) in [6.45, 7) is 4.54. The molecule has 1 aliphatic rings. The van der Waals surface area contributed by atoms with Crippen molar-refractivity contribution >= 4 is 17.8 Å². The molecular formula is C25H33N7O4. The van der Waals surface area contributed by atoms with E-state index in [0.29, 0.717) is 70.5 Å². The predicted octanol–water partition coefficient (Wildman–Crippen LogP) is 2.25. The first-order chi connectivity index (χ1) is 17.7. The highest BCUT2D eigenvalue weighted by atomic mass is 16.7. The summed E-state index contributed by atoms with van der Waals surface area (Å²) in [5, 5.41) is 6.53. The van der Waals surface area contributed by atoms with E-state index < -0.39 is 0 Å². The van der Waals surface area contributed by atoms with Crippen LogP contribution in [0.5, 0.6) is 11.5 Å². The number of anilines is 3. The maximum atomic E-state index is 5.58. The lowest BCUT2D eigenvalue weighted by Gasteiger charge is -2.19. The van der Waals surface area contributed by atoms with Gasteiger partial charge >= 0.3 is 0 Å². The molecule has 11 nitrogen and oxygen atoms in total. The highest BCUT2D eigenvalue weighted by Crippen LogP contribution is 2.32. The molecule has 36 heavy (non-hydrogen) atoms. The molecule has 2 heterocycles. The SMILES string of the molecule is CN(Cc1ccccc1)c1nc(NCCOCCOCCN)nc(NCc2ccc3c(c2)OCO3)n1. The quantitative estimate of drug-likeness (QED) is 0.269. The first-order valence-corrected chi connectivity index (χ1v) is 11.9. The normalized spacial score (nSPS) is 11.9. The van der Waals surface area contributed by atoms with Crippen LogP contribution >= 0.6 is 0 Å². The molecule has 3 aromatic rings. The first-order valence-electron chi connectivity index (χ1n) is 11.9. The smallest absolute Gasteiger partial charge is 0.231 e. The third-order valence-corrected chi connectivity index (χ3v) is 5.28. The van der Waals surface area contributed by atoms with E-state index in [1.807, 2.05) is 48.3 Å². The van der Waals surface area contributed by atoms with Gasteiger partial charge in [-0.1, -0.05) is 36.4 Å². The van der Waals surface area contributed by atoms with Crippen LogP contribution in [0.25, 0.3) is 0 Å². The zero-order valence-electron chi connectivity index (χ0n) is 20.5. The van der Waals surface area contributed by atoms with Crippen molar-refractivity contribution in [1.82, 2.24) is 15.0 Å². The lowest BCUT2D eigenvalue weighted by Crippen LogP contribution is -2.22. The second kappa shape index (κ2) is 13.4. The van der Waals surface area contributed by atoms with E-state index in [4.69, 9.17) is 24.7 Å². The summed E-state index contributed by atoms with van der Waals surface area (Å²) in [7, 11) is 1.96. The Hall–Kier alpha value is -3.67. The molecular weight excluding hydrogens is 462 g/mol. The minimum atomic E-state index is 0.246. The number of hydrogen-bond donors (Lipinski definition) is 3. The Labute approximate surface area is 211 Å². The van der Waals surface area contributed by atoms with Gasteiger partial charge in [-0.25, -0.2) is 0 Å². The fraction of sp³-hybridized carbons (Fsp3) is 0.400. The van der Waals surface area contributed by atoms with Crippen LogP contribution in [-0.4, -0.2) is 68.3 Å². The summed E-state index contributed by atoms with van der Waals surface area (Å²) in [4.78, 5) is 15.8. The standard InChI is InChI=1S/C25H33N7O4/c1-32(17-19-5-3-2-4-6-19)25-30-23(27-10-12-34-14-13-33-11-9-26)29-24(31-25)28-16-20-7-8-21-22(15-20)36-18-35-21/h2-8,15H,9-14,16-18,26H2,1H3,(H2,27,28,29,30,31). The topological polar surface area (TPSA) is 129 Å². The van der Waals surface area contributed by atoms with Gasteiger partial charge in [0.1, 0.15) is 0 Å². The van der Waals surface area contributed by atoms with E-state index in [9.17, 15) is 0 Å². The zero-order chi connectivity index (χ0) is 25.0. The van der Waals surface area contributed by atoms with E-state index >= 15 is 0 Å². The summed E-state index contributed by atoms with van der Waals surface area (Å²) >= 11 is 0. The number of aromatic nitrogens is 3. The van der Waals surface area contributed by atoms with E-state index in [0.717, 1.165) is 22.6 Å². The molecule has 0 saturated carbocycles. The van der Waals surface area contributed by atoms with Crippen molar-refractivity contribution in [3.05, 3.63) is 59.7 Å². The number of nitrogens with two attached hydrogens (primary N) is 1. The Morgan fingerprint density at radius 1 is 0.861 bits per heavy atom. The first kappa shape index (κ1) is 25.4. The molecule has 4 rings (SSSR count). The van der Waals surface area contributed by atoms with Crippen molar-refractivity contribution in [3.8, 4) is 11.5 Å². The van der Waals surface area contributed by atoms with Gasteiger partial charge in [0.25, 0.3) is 0 Å². The molecule has 0 fully saturated rings. The monoisotopic (exact) mass is 495 g/mol.